The highest BCUT2D eigenvalue weighted by atomic mass is 35.5. The molecule has 2 saturated heterocycles. The molecule has 0 aliphatic carbocycles. The van der Waals surface area contributed by atoms with Crippen LogP contribution in [0.1, 0.15) is 0 Å². The van der Waals surface area contributed by atoms with E-state index in [1.54, 1.807) is 17.0 Å². The van der Waals surface area contributed by atoms with Gasteiger partial charge in [0.05, 0.1) is 0 Å². The van der Waals surface area contributed by atoms with Gasteiger partial charge in [-0.05, 0) is 30.0 Å². The Hall–Kier alpha value is -1.32. The van der Waals surface area contributed by atoms with E-state index in [9.17, 15) is 18.0 Å². The SMILES string of the molecule is CN1CCN(CCN2CCN(c3cccc(SC(F)(F)F)c3)CC2)C1=O.Cl. The fourth-order valence-corrected chi connectivity index (χ4v) is 3.87. The fraction of sp³-hybridized carbons (Fsp3) is 0.588. The monoisotopic (exact) mass is 424 g/mol. The highest BCUT2D eigenvalue weighted by molar-refractivity contribution is 8.00. The van der Waals surface area contributed by atoms with Gasteiger partial charge in [0.25, 0.3) is 0 Å². The Morgan fingerprint density at radius 3 is 2.33 bits per heavy atom. The summed E-state index contributed by atoms with van der Waals surface area (Å²) < 4.78 is 37.6. The van der Waals surface area contributed by atoms with E-state index in [1.807, 2.05) is 18.0 Å². The first-order valence-electron chi connectivity index (χ1n) is 8.65. The van der Waals surface area contributed by atoms with Gasteiger partial charge in [-0.1, -0.05) is 6.07 Å². The summed E-state index contributed by atoms with van der Waals surface area (Å²) in [6, 6.07) is 6.71. The average Bonchev–Trinajstić information content (AvgIpc) is 2.91. The Morgan fingerprint density at radius 2 is 1.74 bits per heavy atom. The van der Waals surface area contributed by atoms with Gasteiger partial charge in [0.15, 0.2) is 0 Å². The van der Waals surface area contributed by atoms with Crippen molar-refractivity contribution in [2.24, 2.45) is 0 Å². The van der Waals surface area contributed by atoms with Crippen LogP contribution in [0, 0.1) is 0 Å². The summed E-state index contributed by atoms with van der Waals surface area (Å²) >= 11 is -0.0765. The van der Waals surface area contributed by atoms with Crippen LogP contribution in [-0.4, -0.2) is 85.6 Å². The topological polar surface area (TPSA) is 30.0 Å². The number of likely N-dealkylation sites (N-methyl/N-ethyl adjacent to an activating group) is 1. The largest absolute Gasteiger partial charge is 0.446 e. The third-order valence-corrected chi connectivity index (χ3v) is 5.50. The number of piperazine rings is 1. The summed E-state index contributed by atoms with van der Waals surface area (Å²) in [4.78, 5) is 20.1. The van der Waals surface area contributed by atoms with Crippen LogP contribution >= 0.6 is 24.2 Å². The van der Waals surface area contributed by atoms with Crippen LogP contribution in [0.4, 0.5) is 23.7 Å². The summed E-state index contributed by atoms with van der Waals surface area (Å²) in [7, 11) is 1.81. The van der Waals surface area contributed by atoms with Gasteiger partial charge in [-0.3, -0.25) is 4.90 Å². The molecule has 0 atom stereocenters. The number of carbonyl (C=O) groups excluding carboxylic acids is 1. The fourth-order valence-electron chi connectivity index (χ4n) is 3.28. The predicted octanol–water partition coefficient (Wildman–Crippen LogP) is 3.21. The highest BCUT2D eigenvalue weighted by Gasteiger charge is 2.30. The minimum Gasteiger partial charge on any atom is -0.369 e. The van der Waals surface area contributed by atoms with E-state index in [0.717, 1.165) is 58.0 Å². The van der Waals surface area contributed by atoms with Crippen molar-refractivity contribution < 1.29 is 18.0 Å². The van der Waals surface area contributed by atoms with Crippen molar-refractivity contribution in [2.75, 3.05) is 64.3 Å². The molecular formula is C17H24ClF3N4OS. The number of nitrogens with zero attached hydrogens (tertiary/aromatic N) is 4. The van der Waals surface area contributed by atoms with Crippen molar-refractivity contribution >= 4 is 35.9 Å². The molecule has 2 amide bonds. The Kier molecular flexibility index (Phi) is 7.53. The molecule has 152 valence electrons. The van der Waals surface area contributed by atoms with Crippen molar-refractivity contribution in [2.45, 2.75) is 10.4 Å². The maximum Gasteiger partial charge on any atom is 0.446 e. The lowest BCUT2D eigenvalue weighted by atomic mass is 10.2. The Labute approximate surface area is 167 Å². The number of alkyl halides is 3. The molecule has 2 heterocycles. The maximum absolute atomic E-state index is 12.5. The average molecular weight is 425 g/mol. The zero-order valence-electron chi connectivity index (χ0n) is 15.1. The molecule has 0 N–H and O–H groups in total. The van der Waals surface area contributed by atoms with Crippen LogP contribution in [-0.2, 0) is 0 Å². The number of halogens is 4. The van der Waals surface area contributed by atoms with Gasteiger partial charge in [0, 0.05) is 70.0 Å². The van der Waals surface area contributed by atoms with Crippen LogP contribution in [0.15, 0.2) is 29.2 Å². The smallest absolute Gasteiger partial charge is 0.369 e. The van der Waals surface area contributed by atoms with Crippen molar-refractivity contribution in [3.05, 3.63) is 24.3 Å². The molecule has 1 aromatic carbocycles. The van der Waals surface area contributed by atoms with E-state index in [4.69, 9.17) is 0 Å². The molecule has 2 aliphatic heterocycles. The second-order valence-corrected chi connectivity index (χ2v) is 7.70. The zero-order valence-corrected chi connectivity index (χ0v) is 16.7. The second kappa shape index (κ2) is 9.25. The lowest BCUT2D eigenvalue weighted by Crippen LogP contribution is -2.48. The zero-order chi connectivity index (χ0) is 18.7. The van der Waals surface area contributed by atoms with E-state index in [1.165, 1.54) is 6.07 Å². The molecular weight excluding hydrogens is 401 g/mol. The molecule has 0 aromatic heterocycles. The first-order valence-corrected chi connectivity index (χ1v) is 9.47. The van der Waals surface area contributed by atoms with Crippen molar-refractivity contribution in [1.82, 2.24) is 14.7 Å². The Morgan fingerprint density at radius 1 is 1.04 bits per heavy atom. The van der Waals surface area contributed by atoms with Gasteiger partial charge >= 0.3 is 11.5 Å². The first-order chi connectivity index (χ1) is 12.3. The van der Waals surface area contributed by atoms with Crippen LogP contribution in [0.2, 0.25) is 0 Å². The minimum atomic E-state index is -4.27. The number of thioether (sulfide) groups is 1. The second-order valence-electron chi connectivity index (χ2n) is 6.57. The molecule has 5 nitrogen and oxygen atoms in total. The Balaban J connectivity index is 0.00000261. The minimum absolute atomic E-state index is 0. The molecule has 0 unspecified atom stereocenters. The van der Waals surface area contributed by atoms with Crippen LogP contribution in [0.25, 0.3) is 0 Å². The standard InChI is InChI=1S/C17H23F3N4OS.ClH/c1-21-5-9-24(16(21)25)12-8-22-6-10-23(11-7-22)14-3-2-4-15(13-14)26-17(18,19)20;/h2-4,13H,5-12H2,1H3;1H. The number of hydrogen-bond donors (Lipinski definition) is 0. The maximum atomic E-state index is 12.5. The van der Waals surface area contributed by atoms with Crippen molar-refractivity contribution in [1.29, 1.82) is 0 Å². The van der Waals surface area contributed by atoms with Gasteiger partial charge in [-0.15, -0.1) is 12.4 Å². The molecule has 0 radical (unpaired) electrons. The molecule has 0 bridgehead atoms. The van der Waals surface area contributed by atoms with Gasteiger partial charge in [-0.2, -0.15) is 13.2 Å². The third kappa shape index (κ3) is 6.08. The van der Waals surface area contributed by atoms with E-state index >= 15 is 0 Å². The molecule has 0 spiro atoms. The summed E-state index contributed by atoms with van der Waals surface area (Å²) in [6.07, 6.45) is 0. The van der Waals surface area contributed by atoms with Gasteiger partial charge in [-0.25, -0.2) is 4.79 Å². The summed E-state index contributed by atoms with van der Waals surface area (Å²) in [5, 5.41) is 0. The number of urea groups is 1. The van der Waals surface area contributed by atoms with E-state index in [-0.39, 0.29) is 35.1 Å². The number of anilines is 1. The molecule has 1 aromatic rings. The number of carbonyl (C=O) groups is 1. The molecule has 0 saturated carbocycles. The van der Waals surface area contributed by atoms with E-state index in [0.29, 0.717) is 0 Å². The molecule has 3 rings (SSSR count). The third-order valence-electron chi connectivity index (χ3n) is 4.78. The molecule has 27 heavy (non-hydrogen) atoms. The number of rotatable bonds is 5. The molecule has 10 heteroatoms. The van der Waals surface area contributed by atoms with Crippen LogP contribution in [0.3, 0.4) is 0 Å². The summed E-state index contributed by atoms with van der Waals surface area (Å²) in [5.74, 6) is 0. The van der Waals surface area contributed by atoms with Crippen LogP contribution < -0.4 is 4.90 Å². The quantitative estimate of drug-likeness (QED) is 0.679. The van der Waals surface area contributed by atoms with E-state index in [2.05, 4.69) is 9.80 Å². The lowest BCUT2D eigenvalue weighted by Gasteiger charge is -2.36. The van der Waals surface area contributed by atoms with Crippen molar-refractivity contribution in [3.8, 4) is 0 Å². The lowest BCUT2D eigenvalue weighted by molar-refractivity contribution is -0.0328. The summed E-state index contributed by atoms with van der Waals surface area (Å²) in [5.41, 5.74) is -3.44. The van der Waals surface area contributed by atoms with Gasteiger partial charge < -0.3 is 14.7 Å². The molecule has 2 fully saturated rings. The predicted molar refractivity (Wildman–Crippen MR) is 104 cm³/mol. The van der Waals surface area contributed by atoms with Crippen molar-refractivity contribution in [3.63, 3.8) is 0 Å². The Bertz CT molecular complexity index is 641. The normalized spacial score (nSPS) is 18.8. The number of amides is 2. The van der Waals surface area contributed by atoms with Crippen LogP contribution in [0.5, 0.6) is 0 Å². The number of benzene rings is 1. The first kappa shape index (κ1) is 22.0. The number of hydrogen-bond acceptors (Lipinski definition) is 4. The highest BCUT2D eigenvalue weighted by Crippen LogP contribution is 2.38. The molecule has 2 aliphatic rings. The summed E-state index contributed by atoms with van der Waals surface area (Å²) in [6.45, 7) is 6.33. The van der Waals surface area contributed by atoms with Gasteiger partial charge in [0.1, 0.15) is 0 Å². The van der Waals surface area contributed by atoms with E-state index < -0.39 is 5.51 Å². The van der Waals surface area contributed by atoms with Gasteiger partial charge in [0.2, 0.25) is 0 Å².